The zero-order valence-corrected chi connectivity index (χ0v) is 24.4. The first-order valence-electron chi connectivity index (χ1n) is 13.5. The third-order valence-corrected chi connectivity index (χ3v) is 9.29. The van der Waals surface area contributed by atoms with Gasteiger partial charge in [-0.1, -0.05) is 24.4 Å². The van der Waals surface area contributed by atoms with E-state index in [9.17, 15) is 9.83 Å². The molecule has 1 aliphatic carbocycles. The highest BCUT2D eigenvalue weighted by molar-refractivity contribution is 7.53. The standard InChI is InChI=1S/C26H36ClN4O7P/c1-5-34-39(32,35-6-2)15-33-14-19-21-22(38-26(3,4)37-21)25(36-19)31-12-11-17-20(29-16-9-7-8-10-16)18(13-28)23(27)30-24(17)31/h11-12,16,19,21-22,25H,5-10,14-15H2,1-4H3,(H,29,30)/t19-,21-,22-,25-/m1/s1. The van der Waals surface area contributed by atoms with Gasteiger partial charge in [0.25, 0.3) is 0 Å². The number of nitrogens with zero attached hydrogens (tertiary/aromatic N) is 3. The Labute approximate surface area is 233 Å². The summed E-state index contributed by atoms with van der Waals surface area (Å²) in [5, 5.41) is 14.3. The summed E-state index contributed by atoms with van der Waals surface area (Å²) in [6.45, 7) is 7.81. The third kappa shape index (κ3) is 5.85. The van der Waals surface area contributed by atoms with E-state index >= 15 is 0 Å². The predicted octanol–water partition coefficient (Wildman–Crippen LogP) is 5.57. The zero-order chi connectivity index (χ0) is 27.8. The Kier molecular flexibility index (Phi) is 8.58. The van der Waals surface area contributed by atoms with Crippen LogP contribution in [0, 0.1) is 11.3 Å². The number of hydrogen-bond donors (Lipinski definition) is 1. The molecule has 3 fully saturated rings. The van der Waals surface area contributed by atoms with Gasteiger partial charge in [0.15, 0.2) is 17.2 Å². The maximum atomic E-state index is 12.8. The van der Waals surface area contributed by atoms with Gasteiger partial charge >= 0.3 is 7.60 Å². The largest absolute Gasteiger partial charge is 0.381 e. The van der Waals surface area contributed by atoms with Gasteiger partial charge in [0, 0.05) is 17.6 Å². The van der Waals surface area contributed by atoms with E-state index in [0.717, 1.165) is 31.1 Å². The molecule has 11 nitrogen and oxygen atoms in total. The van der Waals surface area contributed by atoms with Crippen molar-refractivity contribution >= 4 is 35.9 Å². The molecule has 13 heteroatoms. The van der Waals surface area contributed by atoms with Gasteiger partial charge in [-0.05, 0) is 46.6 Å². The van der Waals surface area contributed by atoms with Crippen LogP contribution >= 0.6 is 19.2 Å². The predicted molar refractivity (Wildman–Crippen MR) is 145 cm³/mol. The minimum absolute atomic E-state index is 0.0989. The molecule has 3 aliphatic rings. The fraction of sp³-hybridized carbons (Fsp3) is 0.692. The van der Waals surface area contributed by atoms with Crippen LogP contribution < -0.4 is 5.32 Å². The van der Waals surface area contributed by atoms with Crippen molar-refractivity contribution in [3.63, 3.8) is 0 Å². The lowest BCUT2D eigenvalue weighted by molar-refractivity contribution is -0.201. The molecule has 1 N–H and O–H groups in total. The Morgan fingerprint density at radius 2 is 1.92 bits per heavy atom. The quantitative estimate of drug-likeness (QED) is 0.265. The van der Waals surface area contributed by atoms with Gasteiger partial charge in [-0.25, -0.2) is 4.98 Å². The molecule has 0 aromatic carbocycles. The fourth-order valence-corrected chi connectivity index (χ4v) is 7.23. The molecular formula is C26H36ClN4O7P. The van der Waals surface area contributed by atoms with Crippen molar-refractivity contribution in [1.82, 2.24) is 9.55 Å². The number of aromatic nitrogens is 2. The number of hydrogen-bond acceptors (Lipinski definition) is 10. The number of nitriles is 1. The summed E-state index contributed by atoms with van der Waals surface area (Å²) in [6, 6.07) is 4.42. The normalized spacial score (nSPS) is 26.8. The van der Waals surface area contributed by atoms with E-state index in [1.807, 2.05) is 30.7 Å². The fourth-order valence-electron chi connectivity index (χ4n) is 5.67. The Morgan fingerprint density at radius 3 is 2.59 bits per heavy atom. The average molecular weight is 583 g/mol. The number of ether oxygens (including phenoxy) is 4. The van der Waals surface area contributed by atoms with Crippen molar-refractivity contribution in [2.45, 2.75) is 89.7 Å². The van der Waals surface area contributed by atoms with E-state index < -0.39 is 37.9 Å². The molecule has 5 rings (SSSR count). The molecule has 2 aromatic rings. The van der Waals surface area contributed by atoms with Gasteiger partial charge < -0.3 is 37.9 Å². The molecule has 39 heavy (non-hydrogen) atoms. The van der Waals surface area contributed by atoms with Crippen molar-refractivity contribution in [3.8, 4) is 6.07 Å². The van der Waals surface area contributed by atoms with Crippen molar-refractivity contribution in [2.75, 3.05) is 31.5 Å². The number of rotatable bonds is 11. The molecule has 1 saturated carbocycles. The summed E-state index contributed by atoms with van der Waals surface area (Å²) < 4.78 is 50.1. The number of nitrogens with one attached hydrogen (secondary N) is 1. The maximum absolute atomic E-state index is 12.8. The Hall–Kier alpha value is -1.74. The summed E-state index contributed by atoms with van der Waals surface area (Å²) in [7, 11) is -3.37. The Morgan fingerprint density at radius 1 is 1.23 bits per heavy atom. The number of anilines is 1. The lowest BCUT2D eigenvalue weighted by Gasteiger charge is -2.25. The second-order valence-corrected chi connectivity index (χ2v) is 12.8. The molecule has 2 saturated heterocycles. The molecule has 2 aromatic heterocycles. The maximum Gasteiger partial charge on any atom is 0.356 e. The van der Waals surface area contributed by atoms with E-state index in [2.05, 4.69) is 16.4 Å². The highest BCUT2D eigenvalue weighted by atomic mass is 35.5. The number of halogens is 1. The minimum Gasteiger partial charge on any atom is -0.381 e. The lowest BCUT2D eigenvalue weighted by Crippen LogP contribution is -2.33. The first-order chi connectivity index (χ1) is 18.7. The van der Waals surface area contributed by atoms with Gasteiger partial charge in [0.05, 0.1) is 25.5 Å². The van der Waals surface area contributed by atoms with Crippen LogP contribution in [-0.4, -0.2) is 65.9 Å². The van der Waals surface area contributed by atoms with Crippen molar-refractivity contribution in [2.24, 2.45) is 0 Å². The highest BCUT2D eigenvalue weighted by Crippen LogP contribution is 2.49. The minimum atomic E-state index is -3.37. The van der Waals surface area contributed by atoms with Crippen molar-refractivity contribution in [1.29, 1.82) is 5.26 Å². The summed E-state index contributed by atoms with van der Waals surface area (Å²) >= 11 is 6.52. The summed E-state index contributed by atoms with van der Waals surface area (Å²) in [6.07, 6.45) is 4.07. The van der Waals surface area contributed by atoms with Crippen LogP contribution in [0.2, 0.25) is 5.15 Å². The SMILES string of the molecule is CCOP(=O)(COC[C@H]1O[C@@H](n2ccc3c(NC4CCCC4)c(C#N)c(Cl)nc32)[C@@H]2OC(C)(C)O[C@@H]21)OCC. The van der Waals surface area contributed by atoms with Crippen molar-refractivity contribution < 1.29 is 32.6 Å². The first-order valence-corrected chi connectivity index (χ1v) is 15.6. The number of fused-ring (bicyclic) bond motifs is 2. The molecule has 0 radical (unpaired) electrons. The molecule has 0 spiro atoms. The second-order valence-electron chi connectivity index (χ2n) is 10.4. The van der Waals surface area contributed by atoms with Crippen LogP contribution in [0.15, 0.2) is 12.3 Å². The van der Waals surface area contributed by atoms with Gasteiger partial charge in [-0.2, -0.15) is 5.26 Å². The van der Waals surface area contributed by atoms with Crippen LogP contribution in [0.4, 0.5) is 5.69 Å². The Balaban J connectivity index is 1.42. The monoisotopic (exact) mass is 582 g/mol. The molecule has 0 bridgehead atoms. The topological polar surface area (TPSA) is 126 Å². The first kappa shape index (κ1) is 28.8. The van der Waals surface area contributed by atoms with Crippen LogP contribution in [0.25, 0.3) is 11.0 Å². The van der Waals surface area contributed by atoms with Crippen LogP contribution in [0.3, 0.4) is 0 Å². The molecule has 4 atom stereocenters. The molecule has 0 unspecified atom stereocenters. The van der Waals surface area contributed by atoms with Gasteiger partial charge in [-0.15, -0.1) is 0 Å². The van der Waals surface area contributed by atoms with Crippen LogP contribution in [-0.2, 0) is 32.6 Å². The second kappa shape index (κ2) is 11.6. The summed E-state index contributed by atoms with van der Waals surface area (Å²) in [5.74, 6) is -0.835. The highest BCUT2D eigenvalue weighted by Gasteiger charge is 2.56. The van der Waals surface area contributed by atoms with Crippen LogP contribution in [0.5, 0.6) is 0 Å². The molecule has 4 heterocycles. The molecular weight excluding hydrogens is 547 g/mol. The van der Waals surface area contributed by atoms with E-state index in [1.54, 1.807) is 13.8 Å². The van der Waals surface area contributed by atoms with E-state index in [1.165, 1.54) is 0 Å². The summed E-state index contributed by atoms with van der Waals surface area (Å²) in [5.41, 5.74) is 1.61. The lowest BCUT2D eigenvalue weighted by atomic mass is 10.1. The van der Waals surface area contributed by atoms with Crippen LogP contribution in [0.1, 0.15) is 65.2 Å². The van der Waals surface area contributed by atoms with E-state index in [4.69, 9.17) is 39.6 Å². The van der Waals surface area contributed by atoms with E-state index in [-0.39, 0.29) is 37.4 Å². The zero-order valence-electron chi connectivity index (χ0n) is 22.7. The van der Waals surface area contributed by atoms with Gasteiger partial charge in [0.2, 0.25) is 0 Å². The van der Waals surface area contributed by atoms with E-state index in [0.29, 0.717) is 16.9 Å². The summed E-state index contributed by atoms with van der Waals surface area (Å²) in [4.78, 5) is 4.59. The Bertz CT molecular complexity index is 1270. The third-order valence-electron chi connectivity index (χ3n) is 7.21. The molecule has 2 aliphatic heterocycles. The number of pyridine rings is 1. The molecule has 214 valence electrons. The van der Waals surface area contributed by atoms with Crippen molar-refractivity contribution in [3.05, 3.63) is 23.0 Å². The molecule has 0 amide bonds. The average Bonchev–Trinajstić information content (AvgIpc) is 3.65. The smallest absolute Gasteiger partial charge is 0.356 e. The van der Waals surface area contributed by atoms with Gasteiger partial charge in [-0.3, -0.25) is 4.57 Å². The van der Waals surface area contributed by atoms with Gasteiger partial charge in [0.1, 0.15) is 41.9 Å².